The summed E-state index contributed by atoms with van der Waals surface area (Å²) < 4.78 is 26.2. The van der Waals surface area contributed by atoms with Crippen molar-refractivity contribution in [3.63, 3.8) is 0 Å². The molecule has 0 bridgehead atoms. The number of anilines is 1. The third-order valence-electron chi connectivity index (χ3n) is 4.48. The number of nitrogens with zero attached hydrogens (tertiary/aromatic N) is 2. The van der Waals surface area contributed by atoms with E-state index in [2.05, 4.69) is 10.6 Å². The van der Waals surface area contributed by atoms with Crippen LogP contribution in [-0.2, 0) is 14.8 Å². The summed E-state index contributed by atoms with van der Waals surface area (Å²) in [6.07, 6.45) is 5.07. The van der Waals surface area contributed by atoms with Gasteiger partial charge in [0.25, 0.3) is 5.69 Å². The van der Waals surface area contributed by atoms with E-state index in [0.717, 1.165) is 42.5 Å². The van der Waals surface area contributed by atoms with E-state index in [1.54, 1.807) is 0 Å². The number of hydrogen-bond donors (Lipinski definition) is 2. The molecule has 144 valence electrons. The van der Waals surface area contributed by atoms with E-state index in [9.17, 15) is 23.3 Å². The van der Waals surface area contributed by atoms with Crippen LogP contribution < -0.4 is 10.6 Å². The fourth-order valence-corrected chi connectivity index (χ4v) is 4.17. The topological polar surface area (TPSA) is 122 Å². The van der Waals surface area contributed by atoms with Gasteiger partial charge in [0.2, 0.25) is 15.9 Å². The Hall–Kier alpha value is -2.20. The van der Waals surface area contributed by atoms with E-state index < -0.39 is 14.9 Å². The van der Waals surface area contributed by atoms with E-state index >= 15 is 0 Å². The highest BCUT2D eigenvalue weighted by atomic mass is 32.2. The molecule has 26 heavy (non-hydrogen) atoms. The molecule has 1 aromatic rings. The summed E-state index contributed by atoms with van der Waals surface area (Å²) in [6.45, 7) is -0.333. The standard InChI is InChI=1S/C16H24N4O5S/c1-17-14-9-8-13(10-15(14)20(22)23)26(24,25)19(2)11-16(21)18-12-6-4-3-5-7-12/h8-10,12,17H,3-7,11H2,1-2H3,(H,18,21). The van der Waals surface area contributed by atoms with Crippen LogP contribution in [0.5, 0.6) is 0 Å². The van der Waals surface area contributed by atoms with Gasteiger partial charge >= 0.3 is 0 Å². The maximum absolute atomic E-state index is 12.6. The average Bonchev–Trinajstić information content (AvgIpc) is 2.61. The largest absolute Gasteiger partial charge is 0.383 e. The maximum atomic E-state index is 12.6. The van der Waals surface area contributed by atoms with Gasteiger partial charge in [-0.15, -0.1) is 0 Å². The molecule has 1 aliphatic carbocycles. The molecule has 0 spiro atoms. The van der Waals surface area contributed by atoms with Crippen LogP contribution in [0.3, 0.4) is 0 Å². The van der Waals surface area contributed by atoms with Gasteiger partial charge in [0.15, 0.2) is 0 Å². The van der Waals surface area contributed by atoms with Crippen molar-refractivity contribution in [2.75, 3.05) is 26.0 Å². The summed E-state index contributed by atoms with van der Waals surface area (Å²) in [6, 6.07) is 3.70. The molecule has 2 rings (SSSR count). The monoisotopic (exact) mass is 384 g/mol. The summed E-state index contributed by atoms with van der Waals surface area (Å²) >= 11 is 0. The Kier molecular flexibility index (Phi) is 6.54. The highest BCUT2D eigenvalue weighted by molar-refractivity contribution is 7.89. The lowest BCUT2D eigenvalue weighted by molar-refractivity contribution is -0.384. The first-order chi connectivity index (χ1) is 12.3. The van der Waals surface area contributed by atoms with E-state index in [1.807, 2.05) is 0 Å². The summed E-state index contributed by atoms with van der Waals surface area (Å²) in [5.74, 6) is -0.371. The second kappa shape index (κ2) is 8.45. The first-order valence-electron chi connectivity index (χ1n) is 8.47. The van der Waals surface area contributed by atoms with Crippen LogP contribution >= 0.6 is 0 Å². The molecule has 10 heteroatoms. The number of nitro groups is 1. The molecule has 0 radical (unpaired) electrons. The summed E-state index contributed by atoms with van der Waals surface area (Å²) in [4.78, 5) is 22.4. The number of benzene rings is 1. The number of likely N-dealkylation sites (N-methyl/N-ethyl adjacent to an activating group) is 1. The highest BCUT2D eigenvalue weighted by Gasteiger charge is 2.27. The van der Waals surface area contributed by atoms with Gasteiger partial charge < -0.3 is 10.6 Å². The van der Waals surface area contributed by atoms with Gasteiger partial charge in [0.05, 0.1) is 16.4 Å². The lowest BCUT2D eigenvalue weighted by Gasteiger charge is -2.24. The van der Waals surface area contributed by atoms with Crippen LogP contribution in [0.4, 0.5) is 11.4 Å². The Bertz CT molecular complexity index is 775. The van der Waals surface area contributed by atoms with Gasteiger partial charge in [-0.05, 0) is 25.0 Å². The molecule has 1 aliphatic rings. The Morgan fingerprint density at radius 2 is 1.96 bits per heavy atom. The fourth-order valence-electron chi connectivity index (χ4n) is 3.02. The minimum atomic E-state index is -4.02. The number of amides is 1. The SMILES string of the molecule is CNc1ccc(S(=O)(=O)N(C)CC(=O)NC2CCCCC2)cc1[N+](=O)[O-]. The van der Waals surface area contributed by atoms with Gasteiger partial charge in [-0.25, -0.2) is 8.42 Å². The zero-order valence-electron chi connectivity index (χ0n) is 14.9. The zero-order valence-corrected chi connectivity index (χ0v) is 15.7. The number of carbonyl (C=O) groups excluding carboxylic acids is 1. The molecular weight excluding hydrogens is 360 g/mol. The van der Waals surface area contributed by atoms with Gasteiger partial charge in [0.1, 0.15) is 5.69 Å². The highest BCUT2D eigenvalue weighted by Crippen LogP contribution is 2.28. The third-order valence-corrected chi connectivity index (χ3v) is 6.28. The predicted octanol–water partition coefficient (Wildman–Crippen LogP) is 1.71. The van der Waals surface area contributed by atoms with Gasteiger partial charge in [-0.3, -0.25) is 14.9 Å². The molecule has 2 N–H and O–H groups in total. The minimum Gasteiger partial charge on any atom is -0.383 e. The zero-order chi connectivity index (χ0) is 19.3. The van der Waals surface area contributed by atoms with Crippen LogP contribution in [0.25, 0.3) is 0 Å². The molecule has 0 atom stereocenters. The van der Waals surface area contributed by atoms with Crippen molar-refractivity contribution in [3.8, 4) is 0 Å². The van der Waals surface area contributed by atoms with Crippen molar-refractivity contribution in [1.82, 2.24) is 9.62 Å². The molecule has 1 amide bonds. The van der Waals surface area contributed by atoms with Crippen LogP contribution in [0.2, 0.25) is 0 Å². The van der Waals surface area contributed by atoms with E-state index in [-0.39, 0.29) is 34.8 Å². The molecule has 0 unspecified atom stereocenters. The van der Waals surface area contributed by atoms with E-state index in [1.165, 1.54) is 26.2 Å². The molecule has 1 fully saturated rings. The molecular formula is C16H24N4O5S. The lowest BCUT2D eigenvalue weighted by Crippen LogP contribution is -2.43. The van der Waals surface area contributed by atoms with Crippen molar-refractivity contribution < 1.29 is 18.1 Å². The molecule has 0 aromatic heterocycles. The van der Waals surface area contributed by atoms with Crippen molar-refractivity contribution in [3.05, 3.63) is 28.3 Å². The maximum Gasteiger partial charge on any atom is 0.293 e. The number of sulfonamides is 1. The molecule has 9 nitrogen and oxygen atoms in total. The van der Waals surface area contributed by atoms with Crippen LogP contribution in [-0.4, -0.2) is 50.2 Å². The van der Waals surface area contributed by atoms with E-state index in [0.29, 0.717) is 0 Å². The van der Waals surface area contributed by atoms with Crippen LogP contribution in [0, 0.1) is 10.1 Å². The number of carbonyl (C=O) groups is 1. The Labute approximate surface area is 153 Å². The molecule has 0 heterocycles. The van der Waals surface area contributed by atoms with E-state index in [4.69, 9.17) is 0 Å². The predicted molar refractivity (Wildman–Crippen MR) is 97.5 cm³/mol. The molecule has 1 aromatic carbocycles. The van der Waals surface area contributed by atoms with Crippen molar-refractivity contribution in [1.29, 1.82) is 0 Å². The average molecular weight is 384 g/mol. The normalized spacial score (nSPS) is 15.7. The van der Waals surface area contributed by atoms with Crippen molar-refractivity contribution in [2.45, 2.75) is 43.0 Å². The fraction of sp³-hybridized carbons (Fsp3) is 0.562. The first-order valence-corrected chi connectivity index (χ1v) is 9.91. The molecule has 0 saturated heterocycles. The second-order valence-corrected chi connectivity index (χ2v) is 8.39. The number of rotatable bonds is 7. The van der Waals surface area contributed by atoms with Gasteiger partial charge in [0, 0.05) is 26.2 Å². The number of nitro benzene ring substituents is 1. The number of nitrogens with one attached hydrogen (secondary N) is 2. The third kappa shape index (κ3) is 4.70. The Balaban J connectivity index is 2.11. The molecule has 0 aliphatic heterocycles. The summed E-state index contributed by atoms with van der Waals surface area (Å²) in [7, 11) is -1.22. The van der Waals surface area contributed by atoms with Crippen molar-refractivity contribution >= 4 is 27.3 Å². The first kappa shape index (κ1) is 20.1. The Morgan fingerprint density at radius 1 is 1.31 bits per heavy atom. The van der Waals surface area contributed by atoms with Gasteiger partial charge in [-0.1, -0.05) is 19.3 Å². The quantitative estimate of drug-likeness (QED) is 0.545. The summed E-state index contributed by atoms with van der Waals surface area (Å²) in [5.41, 5.74) is -0.125. The minimum absolute atomic E-state index is 0.0864. The Morgan fingerprint density at radius 3 is 2.54 bits per heavy atom. The van der Waals surface area contributed by atoms with Crippen molar-refractivity contribution in [2.24, 2.45) is 0 Å². The van der Waals surface area contributed by atoms with Crippen LogP contribution in [0.15, 0.2) is 23.1 Å². The smallest absolute Gasteiger partial charge is 0.293 e. The molecule has 1 saturated carbocycles. The summed E-state index contributed by atoms with van der Waals surface area (Å²) in [5, 5.41) is 16.6. The van der Waals surface area contributed by atoms with Crippen LogP contribution in [0.1, 0.15) is 32.1 Å². The lowest BCUT2D eigenvalue weighted by atomic mass is 9.95. The number of hydrogen-bond acceptors (Lipinski definition) is 6. The van der Waals surface area contributed by atoms with Gasteiger partial charge in [-0.2, -0.15) is 4.31 Å². The second-order valence-electron chi connectivity index (χ2n) is 6.35.